The predicted molar refractivity (Wildman–Crippen MR) is 164 cm³/mol. The number of carbonyl (C=O) groups excluding carboxylic acids is 3. The number of rotatable bonds is 8. The average Bonchev–Trinajstić information content (AvgIpc) is 3.60. The predicted octanol–water partition coefficient (Wildman–Crippen LogP) is 2.91. The smallest absolute Gasteiger partial charge is 0.256 e. The van der Waals surface area contributed by atoms with Gasteiger partial charge in [-0.05, 0) is 29.3 Å². The van der Waals surface area contributed by atoms with Crippen molar-refractivity contribution in [1.29, 1.82) is 0 Å². The number of fused-ring (bicyclic) bond motifs is 2. The van der Waals surface area contributed by atoms with Crippen molar-refractivity contribution in [1.82, 2.24) is 19.7 Å². The summed E-state index contributed by atoms with van der Waals surface area (Å²) >= 11 is 0. The summed E-state index contributed by atoms with van der Waals surface area (Å²) in [7, 11) is 3.57. The zero-order valence-corrected chi connectivity index (χ0v) is 24.8. The van der Waals surface area contributed by atoms with Gasteiger partial charge in [0.15, 0.2) is 11.5 Å². The van der Waals surface area contributed by atoms with E-state index in [2.05, 4.69) is 5.32 Å². The van der Waals surface area contributed by atoms with Crippen LogP contribution >= 0.6 is 0 Å². The van der Waals surface area contributed by atoms with Gasteiger partial charge in [-0.3, -0.25) is 14.4 Å². The second-order valence-electron chi connectivity index (χ2n) is 11.5. The van der Waals surface area contributed by atoms with Crippen LogP contribution in [-0.4, -0.2) is 82.2 Å². The first-order valence-corrected chi connectivity index (χ1v) is 14.8. The monoisotopic (exact) mass is 596 g/mol. The second kappa shape index (κ2) is 12.4. The van der Waals surface area contributed by atoms with Crippen molar-refractivity contribution in [2.75, 3.05) is 26.8 Å². The van der Waals surface area contributed by atoms with Crippen molar-refractivity contribution in [2.24, 2.45) is 7.05 Å². The third-order valence-electron chi connectivity index (χ3n) is 8.27. The van der Waals surface area contributed by atoms with E-state index in [0.29, 0.717) is 36.8 Å². The van der Waals surface area contributed by atoms with Crippen molar-refractivity contribution >= 4 is 28.6 Å². The topological polar surface area (TPSA) is 113 Å². The standard InChI is InChI=1S/C34H36N4O6/c1-36-21-26(25-10-6-7-11-28(25)36)33(41)38-20-24(39)18-29(38)32(40)35-27(34(42)37(2)19-22-8-4-3-5-9-22)16-23-12-13-30-31(17-23)44-15-14-43-30/h3-13,17,21,24,27,29,39H,14-16,18-20H2,1-2H3,(H,35,40)/t24-,27+,29+/m1/s1. The van der Waals surface area contributed by atoms with E-state index >= 15 is 0 Å². The number of β-amino-alcohol motifs (C(OH)–C–C–N with tert-alkyl or cyclic N) is 1. The van der Waals surface area contributed by atoms with E-state index in [0.717, 1.165) is 22.0 Å². The molecule has 0 radical (unpaired) electrons. The average molecular weight is 597 g/mol. The van der Waals surface area contributed by atoms with Crippen molar-refractivity contribution in [2.45, 2.75) is 37.6 Å². The summed E-state index contributed by atoms with van der Waals surface area (Å²) in [5.74, 6) is 0.126. The summed E-state index contributed by atoms with van der Waals surface area (Å²) in [6.45, 7) is 1.28. The summed E-state index contributed by atoms with van der Waals surface area (Å²) < 4.78 is 13.3. The number of aliphatic hydroxyl groups is 1. The van der Waals surface area contributed by atoms with Gasteiger partial charge >= 0.3 is 0 Å². The minimum Gasteiger partial charge on any atom is -0.486 e. The largest absolute Gasteiger partial charge is 0.486 e. The number of para-hydroxylation sites is 1. The Morgan fingerprint density at radius 1 is 0.977 bits per heavy atom. The number of likely N-dealkylation sites (N-methyl/N-ethyl adjacent to an activating group) is 1. The number of ether oxygens (including phenoxy) is 2. The number of hydrogen-bond donors (Lipinski definition) is 2. The van der Waals surface area contributed by atoms with Gasteiger partial charge < -0.3 is 34.3 Å². The number of nitrogens with one attached hydrogen (secondary N) is 1. The highest BCUT2D eigenvalue weighted by molar-refractivity contribution is 6.08. The van der Waals surface area contributed by atoms with E-state index in [1.807, 2.05) is 78.3 Å². The lowest BCUT2D eigenvalue weighted by Crippen LogP contribution is -2.54. The Balaban J connectivity index is 1.25. The maximum absolute atomic E-state index is 13.9. The lowest BCUT2D eigenvalue weighted by atomic mass is 10.0. The van der Waals surface area contributed by atoms with Crippen LogP contribution in [0.3, 0.4) is 0 Å². The van der Waals surface area contributed by atoms with Gasteiger partial charge in [-0.2, -0.15) is 0 Å². The Hall–Kier alpha value is -4.83. The molecule has 2 aliphatic rings. The SMILES string of the molecule is CN(Cc1ccccc1)C(=O)[C@H](Cc1ccc2c(c1)OCCO2)NC(=O)[C@@H]1C[C@@H](O)CN1C(=O)c1cn(C)c2ccccc12. The minimum absolute atomic E-state index is 0.0226. The van der Waals surface area contributed by atoms with E-state index in [1.165, 1.54) is 4.90 Å². The van der Waals surface area contributed by atoms with Gasteiger partial charge in [0.05, 0.1) is 11.7 Å². The number of aliphatic hydroxyl groups excluding tert-OH is 1. The van der Waals surface area contributed by atoms with Crippen LogP contribution < -0.4 is 14.8 Å². The number of amides is 3. The molecule has 1 aromatic heterocycles. The van der Waals surface area contributed by atoms with E-state index in [9.17, 15) is 19.5 Å². The maximum atomic E-state index is 13.9. The summed E-state index contributed by atoms with van der Waals surface area (Å²) in [5.41, 5.74) is 3.10. The lowest BCUT2D eigenvalue weighted by Gasteiger charge is -2.29. The molecule has 0 aliphatic carbocycles. The van der Waals surface area contributed by atoms with Crippen LogP contribution in [0.15, 0.2) is 79.0 Å². The van der Waals surface area contributed by atoms with Crippen molar-refractivity contribution in [3.8, 4) is 11.5 Å². The third-order valence-corrected chi connectivity index (χ3v) is 8.27. The summed E-state index contributed by atoms with van der Waals surface area (Å²) in [6.07, 6.45) is 1.16. The van der Waals surface area contributed by atoms with Crippen LogP contribution in [0.5, 0.6) is 11.5 Å². The molecule has 3 heterocycles. The van der Waals surface area contributed by atoms with Gasteiger partial charge in [-0.1, -0.05) is 54.6 Å². The van der Waals surface area contributed by atoms with Gasteiger partial charge in [-0.25, -0.2) is 0 Å². The second-order valence-corrected chi connectivity index (χ2v) is 11.5. The van der Waals surface area contributed by atoms with E-state index in [1.54, 1.807) is 24.2 Å². The number of nitrogens with zero attached hydrogens (tertiary/aromatic N) is 3. The molecular formula is C34H36N4O6. The molecule has 2 N–H and O–H groups in total. The van der Waals surface area contributed by atoms with Crippen LogP contribution in [0.25, 0.3) is 10.9 Å². The Bertz CT molecular complexity index is 1690. The number of likely N-dealkylation sites (tertiary alicyclic amines) is 1. The molecule has 4 aromatic rings. The van der Waals surface area contributed by atoms with Crippen molar-refractivity contribution in [3.05, 3.63) is 95.7 Å². The van der Waals surface area contributed by atoms with Crippen LogP contribution in [-0.2, 0) is 29.6 Å². The lowest BCUT2D eigenvalue weighted by molar-refractivity contribution is -0.136. The number of benzene rings is 3. The van der Waals surface area contributed by atoms with E-state index < -0.39 is 24.1 Å². The fraction of sp³-hybridized carbons (Fsp3) is 0.324. The highest BCUT2D eigenvalue weighted by Crippen LogP contribution is 2.31. The van der Waals surface area contributed by atoms with Gasteiger partial charge in [0.2, 0.25) is 11.8 Å². The first-order valence-electron chi connectivity index (χ1n) is 14.8. The fourth-order valence-electron chi connectivity index (χ4n) is 6.07. The molecule has 10 nitrogen and oxygen atoms in total. The first kappa shape index (κ1) is 29.3. The van der Waals surface area contributed by atoms with Crippen molar-refractivity contribution in [3.63, 3.8) is 0 Å². The third kappa shape index (κ3) is 5.98. The molecule has 3 amide bonds. The zero-order chi connectivity index (χ0) is 30.8. The Kier molecular flexibility index (Phi) is 8.25. The summed E-state index contributed by atoms with van der Waals surface area (Å²) in [4.78, 5) is 44.6. The van der Waals surface area contributed by atoms with Crippen molar-refractivity contribution < 1.29 is 29.0 Å². The van der Waals surface area contributed by atoms with E-state index in [-0.39, 0.29) is 31.2 Å². The van der Waals surface area contributed by atoms with Crippen LogP contribution in [0.2, 0.25) is 0 Å². The molecule has 1 fully saturated rings. The number of hydrogen-bond acceptors (Lipinski definition) is 6. The van der Waals surface area contributed by atoms with Crippen LogP contribution in [0, 0.1) is 0 Å². The van der Waals surface area contributed by atoms with E-state index in [4.69, 9.17) is 9.47 Å². The number of aromatic nitrogens is 1. The molecule has 0 bridgehead atoms. The molecule has 0 spiro atoms. The first-order chi connectivity index (χ1) is 21.3. The molecule has 0 saturated carbocycles. The highest BCUT2D eigenvalue weighted by Gasteiger charge is 2.41. The fourth-order valence-corrected chi connectivity index (χ4v) is 6.07. The Labute approximate surface area is 255 Å². The molecule has 3 atom stereocenters. The quantitative estimate of drug-likeness (QED) is 0.324. The molecule has 2 aliphatic heterocycles. The molecular weight excluding hydrogens is 560 g/mol. The van der Waals surface area contributed by atoms with Crippen LogP contribution in [0.4, 0.5) is 0 Å². The molecule has 44 heavy (non-hydrogen) atoms. The summed E-state index contributed by atoms with van der Waals surface area (Å²) in [6, 6.07) is 20.8. The zero-order valence-electron chi connectivity index (χ0n) is 24.8. The Morgan fingerprint density at radius 3 is 2.50 bits per heavy atom. The molecule has 1 saturated heterocycles. The van der Waals surface area contributed by atoms with Crippen LogP contribution in [0.1, 0.15) is 27.9 Å². The van der Waals surface area contributed by atoms with Gasteiger partial charge in [0, 0.05) is 57.1 Å². The molecule has 10 heteroatoms. The van der Waals surface area contributed by atoms with Gasteiger partial charge in [0.1, 0.15) is 25.3 Å². The number of aryl methyl sites for hydroxylation is 1. The highest BCUT2D eigenvalue weighted by atomic mass is 16.6. The normalized spacial score (nSPS) is 18.2. The maximum Gasteiger partial charge on any atom is 0.256 e. The molecule has 6 rings (SSSR count). The van der Waals surface area contributed by atoms with Gasteiger partial charge in [-0.15, -0.1) is 0 Å². The van der Waals surface area contributed by atoms with Gasteiger partial charge in [0.25, 0.3) is 5.91 Å². The molecule has 3 aromatic carbocycles. The minimum atomic E-state index is -0.938. The summed E-state index contributed by atoms with van der Waals surface area (Å²) in [5, 5.41) is 14.3. The Morgan fingerprint density at radius 2 is 1.70 bits per heavy atom. The molecule has 0 unspecified atom stereocenters. The molecule has 228 valence electrons. The number of carbonyl (C=O) groups is 3.